The first kappa shape index (κ1) is 13.8. The average Bonchev–Trinajstić information content (AvgIpc) is 2.28. The van der Waals surface area contributed by atoms with Crippen LogP contribution in [0.15, 0.2) is 0 Å². The van der Waals surface area contributed by atoms with Crippen LogP contribution in [-0.2, 0) is 4.79 Å². The lowest BCUT2D eigenvalue weighted by atomic mass is 9.87. The van der Waals surface area contributed by atoms with Crippen LogP contribution in [0.2, 0.25) is 0 Å². The lowest BCUT2D eigenvalue weighted by molar-refractivity contribution is -0.137. The Morgan fingerprint density at radius 1 is 1.29 bits per heavy atom. The summed E-state index contributed by atoms with van der Waals surface area (Å²) in [7, 11) is 0. The van der Waals surface area contributed by atoms with Crippen molar-refractivity contribution < 1.29 is 14.7 Å². The highest BCUT2D eigenvalue weighted by molar-refractivity contribution is 5.80. The third-order valence-corrected chi connectivity index (χ3v) is 3.34. The summed E-state index contributed by atoms with van der Waals surface area (Å²) >= 11 is 0. The van der Waals surface area contributed by atoms with Gasteiger partial charge in [0.15, 0.2) is 0 Å². The summed E-state index contributed by atoms with van der Waals surface area (Å²) in [4.78, 5) is 23.7. The Morgan fingerprint density at radius 3 is 2.35 bits per heavy atom. The standard InChI is InChI=1S/C12H22N2O3/c1-3-14(8-11(15)16)12(17)13-10-6-4-9(2)5-7-10/h9-10H,3-8H2,1-2H3,(H,13,17)(H,15,16). The molecule has 0 aromatic rings. The average molecular weight is 242 g/mol. The fourth-order valence-corrected chi connectivity index (χ4v) is 2.16. The van der Waals surface area contributed by atoms with Gasteiger partial charge in [0.2, 0.25) is 0 Å². The van der Waals surface area contributed by atoms with E-state index in [1.165, 1.54) is 4.90 Å². The van der Waals surface area contributed by atoms with E-state index in [9.17, 15) is 9.59 Å². The third-order valence-electron chi connectivity index (χ3n) is 3.34. The summed E-state index contributed by atoms with van der Waals surface area (Å²) in [6, 6.07) is -0.0454. The van der Waals surface area contributed by atoms with Crippen LogP contribution in [0.4, 0.5) is 4.79 Å². The topological polar surface area (TPSA) is 69.6 Å². The number of aliphatic carboxylic acids is 1. The van der Waals surface area contributed by atoms with Crippen LogP contribution in [-0.4, -0.2) is 41.1 Å². The number of carboxylic acids is 1. The first-order chi connectivity index (χ1) is 8.02. The van der Waals surface area contributed by atoms with Crippen molar-refractivity contribution in [2.24, 2.45) is 5.92 Å². The maximum atomic E-state index is 11.8. The van der Waals surface area contributed by atoms with E-state index in [0.717, 1.165) is 31.6 Å². The van der Waals surface area contributed by atoms with Gasteiger partial charge in [0, 0.05) is 12.6 Å². The maximum Gasteiger partial charge on any atom is 0.323 e. The normalized spacial score (nSPS) is 24.1. The van der Waals surface area contributed by atoms with Crippen molar-refractivity contribution in [3.8, 4) is 0 Å². The number of carboxylic acid groups (broad SMARTS) is 1. The van der Waals surface area contributed by atoms with Crippen LogP contribution in [0.5, 0.6) is 0 Å². The number of nitrogens with zero attached hydrogens (tertiary/aromatic N) is 1. The van der Waals surface area contributed by atoms with Crippen molar-refractivity contribution in [3.05, 3.63) is 0 Å². The molecule has 2 amide bonds. The molecule has 0 aromatic carbocycles. The SMILES string of the molecule is CCN(CC(=O)O)C(=O)NC1CCC(C)CC1. The molecule has 5 nitrogen and oxygen atoms in total. The molecule has 1 saturated carbocycles. The summed E-state index contributed by atoms with van der Waals surface area (Å²) in [6.07, 6.45) is 4.26. The Balaban J connectivity index is 2.38. The van der Waals surface area contributed by atoms with Gasteiger partial charge in [-0.3, -0.25) is 4.79 Å². The first-order valence-corrected chi connectivity index (χ1v) is 6.30. The smallest absolute Gasteiger partial charge is 0.323 e. The molecule has 0 radical (unpaired) electrons. The maximum absolute atomic E-state index is 11.8. The highest BCUT2D eigenvalue weighted by atomic mass is 16.4. The lowest BCUT2D eigenvalue weighted by Gasteiger charge is -2.29. The molecule has 1 rings (SSSR count). The zero-order chi connectivity index (χ0) is 12.8. The zero-order valence-corrected chi connectivity index (χ0v) is 10.6. The second-order valence-corrected chi connectivity index (χ2v) is 4.81. The molecule has 2 N–H and O–H groups in total. The Hall–Kier alpha value is -1.26. The van der Waals surface area contributed by atoms with Gasteiger partial charge in [0.05, 0.1) is 0 Å². The second-order valence-electron chi connectivity index (χ2n) is 4.81. The van der Waals surface area contributed by atoms with Crippen LogP contribution in [0, 0.1) is 5.92 Å². The van der Waals surface area contributed by atoms with Crippen LogP contribution < -0.4 is 5.32 Å². The fraction of sp³-hybridized carbons (Fsp3) is 0.833. The second kappa shape index (κ2) is 6.47. The van der Waals surface area contributed by atoms with E-state index in [-0.39, 0.29) is 18.6 Å². The van der Waals surface area contributed by atoms with E-state index < -0.39 is 5.97 Å². The molecule has 0 saturated heterocycles. The minimum absolute atomic E-state index is 0.210. The molecular formula is C12H22N2O3. The van der Waals surface area contributed by atoms with Crippen molar-refractivity contribution in [2.45, 2.75) is 45.6 Å². The number of carbonyl (C=O) groups excluding carboxylic acids is 1. The quantitative estimate of drug-likeness (QED) is 0.788. The minimum atomic E-state index is -0.973. The highest BCUT2D eigenvalue weighted by Crippen LogP contribution is 2.23. The molecule has 5 heteroatoms. The van der Waals surface area contributed by atoms with Gasteiger partial charge in [-0.1, -0.05) is 6.92 Å². The summed E-state index contributed by atoms with van der Waals surface area (Å²) < 4.78 is 0. The van der Waals surface area contributed by atoms with Gasteiger partial charge in [0.1, 0.15) is 6.54 Å². The number of carbonyl (C=O) groups is 2. The van der Waals surface area contributed by atoms with Gasteiger partial charge < -0.3 is 15.3 Å². The summed E-state index contributed by atoms with van der Waals surface area (Å²) in [6.45, 7) is 4.19. The highest BCUT2D eigenvalue weighted by Gasteiger charge is 2.22. The fourth-order valence-electron chi connectivity index (χ4n) is 2.16. The Kier molecular flexibility index (Phi) is 5.25. The molecule has 0 heterocycles. The molecule has 0 spiro atoms. The van der Waals surface area contributed by atoms with Gasteiger partial charge in [-0.05, 0) is 38.5 Å². The lowest BCUT2D eigenvalue weighted by Crippen LogP contribution is -2.47. The number of likely N-dealkylation sites (N-methyl/N-ethyl adjacent to an activating group) is 1. The molecule has 0 aromatic heterocycles. The van der Waals surface area contributed by atoms with Crippen molar-refractivity contribution in [1.29, 1.82) is 0 Å². The van der Waals surface area contributed by atoms with Crippen LogP contribution >= 0.6 is 0 Å². The minimum Gasteiger partial charge on any atom is -0.480 e. The van der Waals surface area contributed by atoms with E-state index in [1.54, 1.807) is 6.92 Å². The number of rotatable bonds is 4. The van der Waals surface area contributed by atoms with E-state index in [1.807, 2.05) is 0 Å². The number of nitrogens with one attached hydrogen (secondary N) is 1. The first-order valence-electron chi connectivity index (χ1n) is 6.30. The number of amides is 2. The summed E-state index contributed by atoms with van der Waals surface area (Å²) in [5.41, 5.74) is 0. The van der Waals surface area contributed by atoms with Crippen molar-refractivity contribution in [1.82, 2.24) is 10.2 Å². The number of urea groups is 1. The largest absolute Gasteiger partial charge is 0.480 e. The predicted octanol–water partition coefficient (Wildman–Crippen LogP) is 1.68. The summed E-state index contributed by atoms with van der Waals surface area (Å²) in [5, 5.41) is 11.6. The molecule has 0 aliphatic heterocycles. The molecule has 0 unspecified atom stereocenters. The van der Waals surface area contributed by atoms with Gasteiger partial charge in [-0.15, -0.1) is 0 Å². The molecule has 1 aliphatic rings. The van der Waals surface area contributed by atoms with E-state index in [0.29, 0.717) is 6.54 Å². The van der Waals surface area contributed by atoms with E-state index in [2.05, 4.69) is 12.2 Å². The third kappa shape index (κ3) is 4.63. The zero-order valence-electron chi connectivity index (χ0n) is 10.6. The number of hydrogen-bond acceptors (Lipinski definition) is 2. The molecule has 98 valence electrons. The number of hydrogen-bond donors (Lipinski definition) is 2. The monoisotopic (exact) mass is 242 g/mol. The Bertz CT molecular complexity index is 273. The van der Waals surface area contributed by atoms with Crippen LogP contribution in [0.25, 0.3) is 0 Å². The molecule has 0 atom stereocenters. The van der Waals surface area contributed by atoms with Gasteiger partial charge in [-0.2, -0.15) is 0 Å². The van der Waals surface area contributed by atoms with Crippen LogP contribution in [0.3, 0.4) is 0 Å². The summed E-state index contributed by atoms with van der Waals surface area (Å²) in [5.74, 6) is -0.233. The van der Waals surface area contributed by atoms with Crippen LogP contribution in [0.1, 0.15) is 39.5 Å². The van der Waals surface area contributed by atoms with Crippen molar-refractivity contribution >= 4 is 12.0 Å². The van der Waals surface area contributed by atoms with E-state index in [4.69, 9.17) is 5.11 Å². The van der Waals surface area contributed by atoms with Crippen molar-refractivity contribution in [2.75, 3.05) is 13.1 Å². The Labute approximate surface area is 102 Å². The van der Waals surface area contributed by atoms with Crippen molar-refractivity contribution in [3.63, 3.8) is 0 Å². The molecule has 17 heavy (non-hydrogen) atoms. The Morgan fingerprint density at radius 2 is 1.88 bits per heavy atom. The molecule has 1 aliphatic carbocycles. The molecular weight excluding hydrogens is 220 g/mol. The van der Waals surface area contributed by atoms with E-state index >= 15 is 0 Å². The van der Waals surface area contributed by atoms with Gasteiger partial charge in [-0.25, -0.2) is 4.79 Å². The predicted molar refractivity (Wildman–Crippen MR) is 64.8 cm³/mol. The van der Waals surface area contributed by atoms with Gasteiger partial charge in [0.25, 0.3) is 0 Å². The molecule has 0 bridgehead atoms. The molecule has 1 fully saturated rings. The van der Waals surface area contributed by atoms with Gasteiger partial charge >= 0.3 is 12.0 Å².